The highest BCUT2D eigenvalue weighted by Crippen LogP contribution is 2.36. The Balaban J connectivity index is 2.24. The Kier molecular flexibility index (Phi) is 4.11. The Morgan fingerprint density at radius 1 is 1.29 bits per heavy atom. The summed E-state index contributed by atoms with van der Waals surface area (Å²) < 4.78 is 0. The van der Waals surface area contributed by atoms with Crippen molar-refractivity contribution in [1.29, 1.82) is 0 Å². The number of carbonyl (C=O) groups is 1. The molecule has 0 bridgehead atoms. The maximum Gasteiger partial charge on any atom is 0.269 e. The van der Waals surface area contributed by atoms with Crippen molar-refractivity contribution in [3.63, 3.8) is 0 Å². The summed E-state index contributed by atoms with van der Waals surface area (Å²) in [5.74, 6) is 0.402. The highest BCUT2D eigenvalue weighted by Gasteiger charge is 2.44. The van der Waals surface area contributed by atoms with Gasteiger partial charge in [0.15, 0.2) is 5.78 Å². The average Bonchev–Trinajstić information content (AvgIpc) is 2.44. The average molecular weight is 291 g/mol. The maximum absolute atomic E-state index is 12.7. The zero-order valence-corrected chi connectivity index (χ0v) is 12.3. The van der Waals surface area contributed by atoms with Gasteiger partial charge in [-0.2, -0.15) is 0 Å². The number of non-ortho nitro benzene ring substituents is 1. The van der Waals surface area contributed by atoms with Gasteiger partial charge in [-0.05, 0) is 36.8 Å². The van der Waals surface area contributed by atoms with Crippen molar-refractivity contribution < 1.29 is 9.72 Å². The van der Waals surface area contributed by atoms with E-state index in [4.69, 9.17) is 11.5 Å². The Hall–Kier alpha value is -1.79. The van der Waals surface area contributed by atoms with Gasteiger partial charge in [0.1, 0.15) is 0 Å². The van der Waals surface area contributed by atoms with Crippen LogP contribution >= 0.6 is 0 Å². The third-order valence-electron chi connectivity index (χ3n) is 4.65. The van der Waals surface area contributed by atoms with Crippen LogP contribution in [0.3, 0.4) is 0 Å². The van der Waals surface area contributed by atoms with E-state index in [1.54, 1.807) is 0 Å². The molecule has 6 heteroatoms. The highest BCUT2D eigenvalue weighted by atomic mass is 16.6. The van der Waals surface area contributed by atoms with Crippen LogP contribution in [0.5, 0.6) is 0 Å². The third-order valence-corrected chi connectivity index (χ3v) is 4.65. The topological polar surface area (TPSA) is 112 Å². The Morgan fingerprint density at radius 3 is 2.33 bits per heavy atom. The van der Waals surface area contributed by atoms with Crippen molar-refractivity contribution in [2.24, 2.45) is 23.3 Å². The van der Waals surface area contributed by atoms with Crippen molar-refractivity contribution in [3.05, 3.63) is 39.9 Å². The van der Waals surface area contributed by atoms with Crippen LogP contribution in [0.2, 0.25) is 0 Å². The van der Waals surface area contributed by atoms with Crippen LogP contribution in [0.4, 0.5) is 5.69 Å². The van der Waals surface area contributed by atoms with Crippen molar-refractivity contribution in [1.82, 2.24) is 0 Å². The zero-order chi connectivity index (χ0) is 15.8. The molecule has 4 atom stereocenters. The van der Waals surface area contributed by atoms with Crippen LogP contribution in [0.25, 0.3) is 0 Å². The number of benzene rings is 1. The largest absolute Gasteiger partial charge is 0.327 e. The first kappa shape index (κ1) is 15.6. The fourth-order valence-electron chi connectivity index (χ4n) is 3.08. The lowest BCUT2D eigenvalue weighted by atomic mass is 9.67. The highest BCUT2D eigenvalue weighted by molar-refractivity contribution is 6.03. The number of nitro groups is 1. The molecule has 1 aliphatic rings. The molecule has 2 rings (SSSR count). The van der Waals surface area contributed by atoms with Crippen LogP contribution in [0, 0.1) is 22.0 Å². The number of hydrogen-bond acceptors (Lipinski definition) is 5. The molecule has 4 unspecified atom stereocenters. The zero-order valence-electron chi connectivity index (χ0n) is 12.3. The van der Waals surface area contributed by atoms with E-state index in [1.165, 1.54) is 24.3 Å². The van der Waals surface area contributed by atoms with Gasteiger partial charge in [-0.3, -0.25) is 14.9 Å². The second-order valence-electron chi connectivity index (χ2n) is 6.20. The lowest BCUT2D eigenvalue weighted by Crippen LogP contribution is -2.58. The van der Waals surface area contributed by atoms with E-state index in [2.05, 4.69) is 13.8 Å². The van der Waals surface area contributed by atoms with Gasteiger partial charge in [0.2, 0.25) is 0 Å². The molecular weight excluding hydrogens is 270 g/mol. The van der Waals surface area contributed by atoms with Crippen LogP contribution in [-0.2, 0) is 0 Å². The second-order valence-corrected chi connectivity index (χ2v) is 6.20. The quantitative estimate of drug-likeness (QED) is 0.501. The number of ketones is 1. The number of hydrogen-bond donors (Lipinski definition) is 2. The van der Waals surface area contributed by atoms with E-state index in [0.717, 1.165) is 0 Å². The van der Waals surface area contributed by atoms with Gasteiger partial charge in [0.25, 0.3) is 5.69 Å². The smallest absolute Gasteiger partial charge is 0.269 e. The molecule has 1 saturated carbocycles. The number of carbonyl (C=O) groups excluding carboxylic acids is 1. The summed E-state index contributed by atoms with van der Waals surface area (Å²) in [7, 11) is 0. The van der Waals surface area contributed by atoms with Gasteiger partial charge < -0.3 is 11.5 Å². The van der Waals surface area contributed by atoms with Crippen LogP contribution < -0.4 is 11.5 Å². The molecule has 1 fully saturated rings. The van der Waals surface area contributed by atoms with Gasteiger partial charge >= 0.3 is 0 Å². The first-order valence-electron chi connectivity index (χ1n) is 7.08. The standard InChI is InChI=1S/C15H21N3O3/c1-9-7-15(17,8-13(16)10(9)2)14(19)11-3-5-12(6-4-11)18(20)21/h3-6,9-10,13H,7-8,16-17H2,1-2H3. The molecular formula is C15H21N3O3. The molecule has 114 valence electrons. The van der Waals surface area contributed by atoms with E-state index >= 15 is 0 Å². The molecule has 0 amide bonds. The van der Waals surface area contributed by atoms with Crippen molar-refractivity contribution in [3.8, 4) is 0 Å². The number of nitro benzene ring substituents is 1. The SMILES string of the molecule is CC1CC(N)(C(=O)c2ccc([N+](=O)[O-])cc2)CC(N)C1C. The first-order valence-corrected chi connectivity index (χ1v) is 7.08. The van der Waals surface area contributed by atoms with E-state index in [-0.39, 0.29) is 23.4 Å². The summed E-state index contributed by atoms with van der Waals surface area (Å²) in [6.45, 7) is 4.12. The molecule has 4 N–H and O–H groups in total. The van der Waals surface area contributed by atoms with E-state index in [0.29, 0.717) is 24.3 Å². The van der Waals surface area contributed by atoms with Gasteiger partial charge in [-0.1, -0.05) is 13.8 Å². The van der Waals surface area contributed by atoms with Crippen LogP contribution in [0.1, 0.15) is 37.0 Å². The minimum atomic E-state index is -0.985. The number of rotatable bonds is 3. The monoisotopic (exact) mass is 291 g/mol. The molecule has 0 aliphatic heterocycles. The lowest BCUT2D eigenvalue weighted by molar-refractivity contribution is -0.384. The second kappa shape index (κ2) is 5.54. The van der Waals surface area contributed by atoms with Crippen molar-refractivity contribution >= 4 is 11.5 Å². The van der Waals surface area contributed by atoms with E-state index in [1.807, 2.05) is 0 Å². The summed E-state index contributed by atoms with van der Waals surface area (Å²) in [5, 5.41) is 10.6. The van der Waals surface area contributed by atoms with Crippen LogP contribution in [-0.4, -0.2) is 22.3 Å². The lowest BCUT2D eigenvalue weighted by Gasteiger charge is -2.42. The number of Topliss-reactive ketones (excluding diaryl/α,β-unsaturated/α-hetero) is 1. The summed E-state index contributed by atoms with van der Waals surface area (Å²) in [6, 6.07) is 5.46. The third kappa shape index (κ3) is 2.96. The molecule has 0 heterocycles. The molecule has 0 spiro atoms. The number of nitrogens with zero attached hydrogens (tertiary/aromatic N) is 1. The maximum atomic E-state index is 12.7. The van der Waals surface area contributed by atoms with Crippen molar-refractivity contribution in [2.75, 3.05) is 0 Å². The fourth-order valence-corrected chi connectivity index (χ4v) is 3.08. The number of nitrogens with two attached hydrogens (primary N) is 2. The molecule has 0 aromatic heterocycles. The summed E-state index contributed by atoms with van der Waals surface area (Å²) in [6.07, 6.45) is 1.02. The van der Waals surface area contributed by atoms with Crippen LogP contribution in [0.15, 0.2) is 24.3 Å². The molecule has 21 heavy (non-hydrogen) atoms. The van der Waals surface area contributed by atoms with E-state index < -0.39 is 10.5 Å². The Labute approximate surface area is 123 Å². The fraction of sp³-hybridized carbons (Fsp3) is 0.533. The minimum Gasteiger partial charge on any atom is -0.327 e. The normalized spacial score (nSPS) is 32.7. The first-order chi connectivity index (χ1) is 9.74. The van der Waals surface area contributed by atoms with E-state index in [9.17, 15) is 14.9 Å². The van der Waals surface area contributed by atoms with Gasteiger partial charge in [0.05, 0.1) is 10.5 Å². The summed E-state index contributed by atoms with van der Waals surface area (Å²) in [5.41, 5.74) is 11.8. The molecule has 0 saturated heterocycles. The summed E-state index contributed by atoms with van der Waals surface area (Å²) >= 11 is 0. The van der Waals surface area contributed by atoms with Gasteiger partial charge in [-0.25, -0.2) is 0 Å². The molecule has 6 nitrogen and oxygen atoms in total. The minimum absolute atomic E-state index is 0.0417. The molecule has 1 aromatic rings. The summed E-state index contributed by atoms with van der Waals surface area (Å²) in [4.78, 5) is 22.8. The predicted octanol–water partition coefficient (Wildman–Crippen LogP) is 1.87. The van der Waals surface area contributed by atoms with Gasteiger partial charge in [0, 0.05) is 23.7 Å². The van der Waals surface area contributed by atoms with Crippen molar-refractivity contribution in [2.45, 2.75) is 38.3 Å². The molecule has 0 radical (unpaired) electrons. The molecule has 1 aliphatic carbocycles. The Morgan fingerprint density at radius 2 is 1.86 bits per heavy atom. The van der Waals surface area contributed by atoms with Gasteiger partial charge in [-0.15, -0.1) is 0 Å². The Bertz CT molecular complexity index is 544. The molecule has 1 aromatic carbocycles. The predicted molar refractivity (Wildman–Crippen MR) is 79.9 cm³/mol.